The van der Waals surface area contributed by atoms with Gasteiger partial charge in [-0.3, -0.25) is 0 Å². The number of fused-ring (bicyclic) bond motifs is 1. The lowest BCUT2D eigenvalue weighted by atomic mass is 9.74. The summed E-state index contributed by atoms with van der Waals surface area (Å²) in [4.78, 5) is 0. The second-order valence-corrected chi connectivity index (χ2v) is 13.7. The summed E-state index contributed by atoms with van der Waals surface area (Å²) in [6.07, 6.45) is 2.64. The van der Waals surface area contributed by atoms with E-state index in [1.807, 2.05) is 0 Å². The van der Waals surface area contributed by atoms with Crippen LogP contribution >= 0.6 is 16.3 Å². The van der Waals surface area contributed by atoms with E-state index in [1.165, 1.54) is 48.5 Å². The third-order valence-corrected chi connectivity index (χ3v) is 11.5. The molecule has 8 heteroatoms. The molecule has 0 bridgehead atoms. The van der Waals surface area contributed by atoms with Crippen LogP contribution in [0.15, 0.2) is 97.1 Å². The van der Waals surface area contributed by atoms with Crippen LogP contribution in [-0.2, 0) is 9.05 Å². The number of halogens is 4. The summed E-state index contributed by atoms with van der Waals surface area (Å²) < 4.78 is 67.8. The highest BCUT2D eigenvalue weighted by Gasteiger charge is 2.50. The van der Waals surface area contributed by atoms with Crippen LogP contribution in [0.1, 0.15) is 19.3 Å². The van der Waals surface area contributed by atoms with Gasteiger partial charge < -0.3 is 9.05 Å². The second kappa shape index (κ2) is 11.5. The fraction of sp³-hybridized carbons (Fsp3) is 0.226. The Morgan fingerprint density at radius 1 is 0.462 bits per heavy atom. The zero-order chi connectivity index (χ0) is 26.9. The van der Waals surface area contributed by atoms with Gasteiger partial charge in [-0.15, -0.1) is 0 Å². The average Bonchev–Trinajstić information content (AvgIpc) is 3.26. The number of hydrogen-bond acceptors (Lipinski definition) is 2. The Bertz CT molecular complexity index is 1210. The highest BCUT2D eigenvalue weighted by Crippen LogP contribution is 2.55. The minimum atomic E-state index is -1.25. The van der Waals surface area contributed by atoms with Crippen molar-refractivity contribution in [3.05, 3.63) is 120 Å². The van der Waals surface area contributed by atoms with Crippen LogP contribution in [0.2, 0.25) is 0 Å². The molecule has 200 valence electrons. The predicted molar refractivity (Wildman–Crippen MR) is 149 cm³/mol. The molecule has 6 rings (SSSR count). The largest absolute Gasteiger partial charge is 0.346 e. The van der Waals surface area contributed by atoms with Crippen LogP contribution in [0.25, 0.3) is 0 Å². The summed E-state index contributed by atoms with van der Waals surface area (Å²) in [7, 11) is -2.49. The Morgan fingerprint density at radius 2 is 0.821 bits per heavy atom. The minimum absolute atomic E-state index is 0.00214. The van der Waals surface area contributed by atoms with Gasteiger partial charge in [-0.25, -0.2) is 17.6 Å². The van der Waals surface area contributed by atoms with Crippen LogP contribution in [0, 0.1) is 35.1 Å². The summed E-state index contributed by atoms with van der Waals surface area (Å²) in [5.41, 5.74) is 0. The van der Waals surface area contributed by atoms with Gasteiger partial charge in [0, 0.05) is 21.2 Å². The van der Waals surface area contributed by atoms with E-state index in [4.69, 9.17) is 9.05 Å². The summed E-state index contributed by atoms with van der Waals surface area (Å²) in [6, 6.07) is 25.3. The Hall–Kier alpha value is -2.62. The minimum Gasteiger partial charge on any atom is -0.346 e. The molecule has 0 heterocycles. The maximum atomic E-state index is 13.6. The molecule has 0 spiro atoms. The molecular formula is C31H26F4O2P2. The van der Waals surface area contributed by atoms with E-state index in [0.717, 1.165) is 40.5 Å². The Labute approximate surface area is 227 Å². The van der Waals surface area contributed by atoms with Gasteiger partial charge in [0.15, 0.2) is 0 Å². The van der Waals surface area contributed by atoms with Crippen molar-refractivity contribution in [1.29, 1.82) is 0 Å². The van der Waals surface area contributed by atoms with E-state index in [9.17, 15) is 17.6 Å². The highest BCUT2D eigenvalue weighted by molar-refractivity contribution is 7.68. The van der Waals surface area contributed by atoms with Gasteiger partial charge >= 0.3 is 0 Å². The van der Waals surface area contributed by atoms with Crippen molar-refractivity contribution in [2.75, 3.05) is 0 Å². The summed E-state index contributed by atoms with van der Waals surface area (Å²) in [5, 5.41) is 3.51. The first kappa shape index (κ1) is 26.6. The van der Waals surface area contributed by atoms with Crippen LogP contribution in [-0.4, -0.2) is 12.2 Å². The molecule has 39 heavy (non-hydrogen) atoms. The molecular weight excluding hydrogens is 542 g/mol. The predicted octanol–water partition coefficient (Wildman–Crippen LogP) is 6.84. The molecule has 0 unspecified atom stereocenters. The normalized spacial score (nSPS) is 22.2. The fourth-order valence-corrected chi connectivity index (χ4v) is 9.19. The third-order valence-electron chi connectivity index (χ3n) is 7.46. The summed E-state index contributed by atoms with van der Waals surface area (Å²) in [5.74, 6) is -0.469. The van der Waals surface area contributed by atoms with Crippen LogP contribution in [0.5, 0.6) is 0 Å². The first-order valence-electron chi connectivity index (χ1n) is 12.9. The maximum absolute atomic E-state index is 13.6. The molecule has 4 aromatic rings. The molecule has 0 saturated heterocycles. The van der Waals surface area contributed by atoms with Crippen molar-refractivity contribution < 1.29 is 26.6 Å². The molecule has 0 amide bonds. The molecule has 2 aliphatic rings. The van der Waals surface area contributed by atoms with Gasteiger partial charge in [-0.1, -0.05) is 0 Å². The Kier molecular flexibility index (Phi) is 7.82. The lowest BCUT2D eigenvalue weighted by Gasteiger charge is -2.41. The zero-order valence-corrected chi connectivity index (χ0v) is 22.7. The van der Waals surface area contributed by atoms with Gasteiger partial charge in [0.05, 0.1) is 28.5 Å². The lowest BCUT2D eigenvalue weighted by molar-refractivity contribution is 0.0161. The first-order chi connectivity index (χ1) is 18.9. The Morgan fingerprint density at radius 3 is 1.21 bits per heavy atom. The van der Waals surface area contributed by atoms with Gasteiger partial charge in [-0.2, -0.15) is 0 Å². The molecule has 0 aliphatic heterocycles. The summed E-state index contributed by atoms with van der Waals surface area (Å²) >= 11 is 0. The fourth-order valence-electron chi connectivity index (χ4n) is 5.45. The highest BCUT2D eigenvalue weighted by atomic mass is 31.1. The average molecular weight is 568 g/mol. The third kappa shape index (κ3) is 5.95. The van der Waals surface area contributed by atoms with E-state index in [0.29, 0.717) is 11.8 Å². The molecule has 0 N–H and O–H groups in total. The van der Waals surface area contributed by atoms with Crippen molar-refractivity contribution in [3.8, 4) is 0 Å². The number of hydrogen-bond donors (Lipinski definition) is 0. The van der Waals surface area contributed by atoms with E-state index in [2.05, 4.69) is 0 Å². The quantitative estimate of drug-likeness (QED) is 0.171. The smallest absolute Gasteiger partial charge is 0.123 e. The van der Waals surface area contributed by atoms with Gasteiger partial charge in [0.2, 0.25) is 0 Å². The van der Waals surface area contributed by atoms with Crippen LogP contribution in [0.4, 0.5) is 17.6 Å². The number of benzene rings is 4. The van der Waals surface area contributed by atoms with Crippen molar-refractivity contribution in [3.63, 3.8) is 0 Å². The molecule has 2 saturated carbocycles. The van der Waals surface area contributed by atoms with Gasteiger partial charge in [0.25, 0.3) is 0 Å². The zero-order valence-electron chi connectivity index (χ0n) is 20.9. The van der Waals surface area contributed by atoms with Crippen molar-refractivity contribution >= 4 is 37.5 Å². The summed E-state index contributed by atoms with van der Waals surface area (Å²) in [6.45, 7) is 0. The topological polar surface area (TPSA) is 18.5 Å². The maximum Gasteiger partial charge on any atom is 0.123 e. The second-order valence-electron chi connectivity index (χ2n) is 10.00. The van der Waals surface area contributed by atoms with Crippen LogP contribution in [0.3, 0.4) is 0 Å². The molecule has 2 fully saturated rings. The monoisotopic (exact) mass is 568 g/mol. The lowest BCUT2D eigenvalue weighted by Crippen LogP contribution is -2.40. The first-order valence-corrected chi connectivity index (χ1v) is 15.4. The van der Waals surface area contributed by atoms with Crippen LogP contribution < -0.4 is 21.2 Å². The molecule has 0 radical (unpaired) electrons. The van der Waals surface area contributed by atoms with E-state index < -0.39 is 16.3 Å². The van der Waals surface area contributed by atoms with Crippen molar-refractivity contribution in [2.45, 2.75) is 31.5 Å². The molecule has 2 nitrogen and oxygen atoms in total. The molecule has 4 aromatic carbocycles. The number of rotatable bonds is 8. The van der Waals surface area contributed by atoms with E-state index in [1.54, 1.807) is 48.5 Å². The van der Waals surface area contributed by atoms with E-state index in [-0.39, 0.29) is 35.5 Å². The van der Waals surface area contributed by atoms with E-state index >= 15 is 0 Å². The molecule has 0 aromatic heterocycles. The SMILES string of the molecule is Fc1ccc(P(O[C@@H]2C[C@@H]3C[C@H](OP(c4ccc(F)cc4)c4ccc(F)cc4)[C@@H]3C2)c2ccc(F)cc2)cc1. The van der Waals surface area contributed by atoms with Gasteiger partial charge in [0.1, 0.15) is 23.3 Å². The van der Waals surface area contributed by atoms with Crippen molar-refractivity contribution in [1.82, 2.24) is 0 Å². The molecule has 4 atom stereocenters. The molecule has 2 aliphatic carbocycles. The standard InChI is InChI=1S/C31H26F4O2P2/c32-21-1-9-26(10-2-21)38(27-11-3-22(33)4-12-27)36-25-17-20-18-31(30(20)19-25)37-39(28-13-5-23(34)6-14-28)29-15-7-24(35)8-16-29/h1-16,20,25,30-31H,17-19H2/t20-,25-,30-,31+/m1/s1. The van der Waals surface area contributed by atoms with Crippen molar-refractivity contribution in [2.24, 2.45) is 11.8 Å². The Balaban J connectivity index is 1.18. The van der Waals surface area contributed by atoms with Gasteiger partial charge in [-0.05, 0) is 128 Å².